The maximum atomic E-state index is 14.8. The van der Waals surface area contributed by atoms with Gasteiger partial charge in [0.15, 0.2) is 16.6 Å². The number of thioether (sulfide) groups is 1. The number of carbonyl (C=O) groups excluding carboxylic acids is 1. The summed E-state index contributed by atoms with van der Waals surface area (Å²) in [6, 6.07) is 20.3. The number of aromatic hydroxyl groups is 2. The van der Waals surface area contributed by atoms with Crippen molar-refractivity contribution in [1.82, 2.24) is 24.8 Å². The molecule has 0 bridgehead atoms. The minimum absolute atomic E-state index is 0.130. The van der Waals surface area contributed by atoms with Gasteiger partial charge >= 0.3 is 0 Å². The van der Waals surface area contributed by atoms with Crippen molar-refractivity contribution in [2.45, 2.75) is 126 Å². The second-order valence-corrected chi connectivity index (χ2v) is 14.2. The predicted octanol–water partition coefficient (Wildman–Crippen LogP) is 9.81. The van der Waals surface area contributed by atoms with E-state index in [0.29, 0.717) is 10.7 Å². The van der Waals surface area contributed by atoms with E-state index in [1.807, 2.05) is 54.6 Å². The molecule has 5 rings (SSSR count). The van der Waals surface area contributed by atoms with Gasteiger partial charge in [-0.25, -0.2) is 0 Å². The molecule has 1 aliphatic rings. The van der Waals surface area contributed by atoms with Gasteiger partial charge < -0.3 is 10.2 Å². The first-order valence-corrected chi connectivity index (χ1v) is 18.6. The van der Waals surface area contributed by atoms with Crippen LogP contribution in [0.15, 0.2) is 71.9 Å². The molecule has 9 heteroatoms. The molecule has 0 radical (unpaired) electrons. The molecule has 47 heavy (non-hydrogen) atoms. The first-order chi connectivity index (χ1) is 23.0. The second kappa shape index (κ2) is 17.0. The molecule has 0 saturated heterocycles. The predicted molar refractivity (Wildman–Crippen MR) is 188 cm³/mol. The zero-order chi connectivity index (χ0) is 33.1. The van der Waals surface area contributed by atoms with Crippen LogP contribution in [0.3, 0.4) is 0 Å². The van der Waals surface area contributed by atoms with Crippen LogP contribution >= 0.6 is 11.8 Å². The fourth-order valence-corrected chi connectivity index (χ4v) is 8.97. The largest absolute Gasteiger partial charge is 0.494 e. The minimum atomic E-state index is -1.43. The van der Waals surface area contributed by atoms with Crippen molar-refractivity contribution in [2.24, 2.45) is 5.92 Å². The van der Waals surface area contributed by atoms with Crippen LogP contribution in [0.1, 0.15) is 132 Å². The Morgan fingerprint density at radius 1 is 0.745 bits per heavy atom. The summed E-state index contributed by atoms with van der Waals surface area (Å²) in [6.07, 6.45) is 18.3. The molecule has 2 N–H and O–H groups in total. The number of hydrogen-bond acceptors (Lipinski definition) is 7. The van der Waals surface area contributed by atoms with E-state index in [2.05, 4.69) is 29.4 Å². The molecule has 4 aromatic rings. The average Bonchev–Trinajstić information content (AvgIpc) is 3.76. The molecule has 0 amide bonds. The van der Waals surface area contributed by atoms with E-state index in [9.17, 15) is 15.0 Å². The number of aromatic nitrogens is 5. The van der Waals surface area contributed by atoms with Crippen molar-refractivity contribution in [3.63, 3.8) is 0 Å². The summed E-state index contributed by atoms with van der Waals surface area (Å²) in [7, 11) is 0. The van der Waals surface area contributed by atoms with Crippen LogP contribution in [-0.4, -0.2) is 40.8 Å². The topological polar surface area (TPSA) is 106 Å². The fourth-order valence-electron chi connectivity index (χ4n) is 7.45. The Morgan fingerprint density at radius 3 is 1.98 bits per heavy atom. The summed E-state index contributed by atoms with van der Waals surface area (Å²) in [6.45, 7) is 4.45. The molecule has 0 saturated carbocycles. The van der Waals surface area contributed by atoms with Crippen molar-refractivity contribution in [2.75, 3.05) is 0 Å². The Balaban J connectivity index is 1.40. The SMILES string of the molecule is CCCCCCCCCCCCCCC(CCC)C1c2ccccc2C(=O)C1(Sc1nnnn1-c1ccccc1)n1c(O)ccc1O. The van der Waals surface area contributed by atoms with Gasteiger partial charge in [0.25, 0.3) is 0 Å². The van der Waals surface area contributed by atoms with E-state index in [4.69, 9.17) is 0 Å². The molecule has 0 fully saturated rings. The lowest BCUT2D eigenvalue weighted by Gasteiger charge is -2.39. The van der Waals surface area contributed by atoms with E-state index in [1.54, 1.807) is 4.68 Å². The molecular formula is C38H51N5O3S. The zero-order valence-corrected chi connectivity index (χ0v) is 28.9. The number of para-hydroxylation sites is 1. The molecule has 2 aromatic carbocycles. The lowest BCUT2D eigenvalue weighted by molar-refractivity contribution is 0.0856. The number of tetrazole rings is 1. The summed E-state index contributed by atoms with van der Waals surface area (Å²) in [5.74, 6) is -0.691. The van der Waals surface area contributed by atoms with Crippen LogP contribution in [-0.2, 0) is 4.87 Å². The summed E-state index contributed by atoms with van der Waals surface area (Å²) < 4.78 is 3.04. The highest BCUT2D eigenvalue weighted by Gasteiger charge is 2.59. The number of unbranched alkanes of at least 4 members (excludes halogenated alkanes) is 11. The number of benzene rings is 2. The number of carbonyl (C=O) groups is 1. The number of Topliss-reactive ketones (excluding diaryl/α,β-unsaturated/α-hetero) is 1. The zero-order valence-electron chi connectivity index (χ0n) is 28.1. The second-order valence-electron chi connectivity index (χ2n) is 13.0. The summed E-state index contributed by atoms with van der Waals surface area (Å²) in [5, 5.41) is 35.6. The third kappa shape index (κ3) is 7.77. The van der Waals surface area contributed by atoms with Gasteiger partial charge in [-0.15, -0.1) is 5.10 Å². The molecular weight excluding hydrogens is 607 g/mol. The van der Waals surface area contributed by atoms with Gasteiger partial charge in [-0.05, 0) is 58.6 Å². The van der Waals surface area contributed by atoms with Gasteiger partial charge in [0.2, 0.25) is 10.9 Å². The van der Waals surface area contributed by atoms with Gasteiger partial charge in [0.05, 0.1) is 5.69 Å². The van der Waals surface area contributed by atoms with E-state index in [1.165, 1.54) is 92.7 Å². The van der Waals surface area contributed by atoms with Crippen molar-refractivity contribution in [3.8, 4) is 17.4 Å². The van der Waals surface area contributed by atoms with Crippen LogP contribution < -0.4 is 0 Å². The maximum Gasteiger partial charge on any atom is 0.216 e. The molecule has 0 spiro atoms. The summed E-state index contributed by atoms with van der Waals surface area (Å²) >= 11 is 1.22. The number of rotatable bonds is 20. The maximum absolute atomic E-state index is 14.8. The molecule has 2 aromatic heterocycles. The molecule has 3 atom stereocenters. The molecule has 252 valence electrons. The molecule has 0 aliphatic heterocycles. The van der Waals surface area contributed by atoms with Crippen molar-refractivity contribution in [3.05, 3.63) is 77.9 Å². The molecule has 8 nitrogen and oxygen atoms in total. The van der Waals surface area contributed by atoms with E-state index in [-0.39, 0.29) is 29.4 Å². The minimum Gasteiger partial charge on any atom is -0.494 e. The summed E-state index contributed by atoms with van der Waals surface area (Å²) in [4.78, 5) is 13.4. The Hall–Kier alpha value is -3.59. The Kier molecular flexibility index (Phi) is 12.6. The quantitative estimate of drug-likeness (QED) is 0.0911. The Labute approximate surface area is 284 Å². The fraction of sp³-hybridized carbons (Fsp3) is 0.526. The van der Waals surface area contributed by atoms with Crippen LogP contribution in [0.2, 0.25) is 0 Å². The lowest BCUT2D eigenvalue weighted by Crippen LogP contribution is -2.42. The Bertz CT molecular complexity index is 1530. The van der Waals surface area contributed by atoms with Gasteiger partial charge in [-0.1, -0.05) is 140 Å². The summed E-state index contributed by atoms with van der Waals surface area (Å²) in [5.41, 5.74) is 2.33. The third-order valence-electron chi connectivity index (χ3n) is 9.71. The lowest BCUT2D eigenvalue weighted by atomic mass is 9.78. The van der Waals surface area contributed by atoms with Gasteiger partial charge in [-0.2, -0.15) is 4.68 Å². The first-order valence-electron chi connectivity index (χ1n) is 17.8. The van der Waals surface area contributed by atoms with Crippen molar-refractivity contribution < 1.29 is 15.0 Å². The number of hydrogen-bond donors (Lipinski definition) is 2. The van der Waals surface area contributed by atoms with Gasteiger partial charge in [0, 0.05) is 23.6 Å². The van der Waals surface area contributed by atoms with E-state index < -0.39 is 4.87 Å². The highest BCUT2D eigenvalue weighted by molar-refractivity contribution is 8.00. The van der Waals surface area contributed by atoms with E-state index >= 15 is 0 Å². The van der Waals surface area contributed by atoms with Crippen LogP contribution in [0, 0.1) is 5.92 Å². The standard InChI is InChI=1S/C38H51N5O3S/c1-3-5-6-7-8-9-10-11-12-13-14-16-22-29(21-4-2)35-31-25-19-20-26-32(31)36(46)38(35,42-33(44)27-28-34(42)45)47-37-39-40-41-43(37)30-23-17-15-18-24-30/h15,17-20,23-29,35,44-45H,3-14,16,21-22H2,1-2H3. The number of ketones is 1. The van der Waals surface area contributed by atoms with Gasteiger partial charge in [-0.3, -0.25) is 9.36 Å². The highest BCUT2D eigenvalue weighted by Crippen LogP contribution is 2.61. The third-order valence-corrected chi connectivity index (χ3v) is 11.1. The monoisotopic (exact) mass is 657 g/mol. The first kappa shape index (κ1) is 34.7. The van der Waals surface area contributed by atoms with Crippen molar-refractivity contribution >= 4 is 17.5 Å². The highest BCUT2D eigenvalue weighted by atomic mass is 32.2. The smallest absolute Gasteiger partial charge is 0.216 e. The average molecular weight is 658 g/mol. The van der Waals surface area contributed by atoms with Crippen molar-refractivity contribution in [1.29, 1.82) is 0 Å². The van der Waals surface area contributed by atoms with Crippen LogP contribution in [0.5, 0.6) is 11.8 Å². The molecule has 2 heterocycles. The van der Waals surface area contributed by atoms with Gasteiger partial charge in [0.1, 0.15) is 0 Å². The van der Waals surface area contributed by atoms with E-state index in [0.717, 1.165) is 43.4 Å². The molecule has 3 unspecified atom stereocenters. The number of nitrogens with zero attached hydrogens (tertiary/aromatic N) is 5. The normalized spacial score (nSPS) is 18.1. The van der Waals surface area contributed by atoms with Crippen LogP contribution in [0.25, 0.3) is 5.69 Å². The number of fused-ring (bicyclic) bond motifs is 1. The van der Waals surface area contributed by atoms with Crippen LogP contribution in [0.4, 0.5) is 0 Å². The Morgan fingerprint density at radius 2 is 1.34 bits per heavy atom. The molecule has 1 aliphatic carbocycles.